The lowest BCUT2D eigenvalue weighted by Crippen LogP contribution is -2.68. The van der Waals surface area contributed by atoms with Crippen LogP contribution < -0.4 is 10.6 Å². The normalized spacial score (nSPS) is 27.6. The summed E-state index contributed by atoms with van der Waals surface area (Å²) in [6.07, 6.45) is 2.75. The maximum Gasteiger partial charge on any atom is 0.305 e. The fraction of sp³-hybridized carbons (Fsp3) is 0.700. The van der Waals surface area contributed by atoms with Gasteiger partial charge in [0.15, 0.2) is 0 Å². The molecule has 6 heteroatoms. The van der Waals surface area contributed by atoms with Gasteiger partial charge in [-0.05, 0) is 12.8 Å². The molecule has 1 aliphatic heterocycles. The summed E-state index contributed by atoms with van der Waals surface area (Å²) in [5.74, 6) is -1.72. The number of hydrogen-bond acceptors (Lipinski definition) is 3. The van der Waals surface area contributed by atoms with Crippen molar-refractivity contribution in [1.29, 1.82) is 0 Å². The SMILES string of the molecule is O=C(O)C[C@@H]1NC(=O)C2(CCCC2)NC1=O. The molecule has 1 saturated carbocycles. The summed E-state index contributed by atoms with van der Waals surface area (Å²) in [5, 5.41) is 13.8. The molecule has 2 amide bonds. The first-order chi connectivity index (χ1) is 7.53. The first-order valence-corrected chi connectivity index (χ1v) is 5.38. The molecule has 3 N–H and O–H groups in total. The van der Waals surface area contributed by atoms with Crippen LogP contribution in [0.15, 0.2) is 0 Å². The third-order valence-electron chi connectivity index (χ3n) is 3.25. The Hall–Kier alpha value is -1.59. The Bertz CT molecular complexity index is 347. The van der Waals surface area contributed by atoms with Crippen LogP contribution in [0.3, 0.4) is 0 Å². The minimum atomic E-state index is -1.09. The molecular formula is C10H14N2O4. The number of piperazine rings is 1. The van der Waals surface area contributed by atoms with Crippen molar-refractivity contribution in [1.82, 2.24) is 10.6 Å². The summed E-state index contributed by atoms with van der Waals surface area (Å²) in [5.41, 5.74) is -0.772. The van der Waals surface area contributed by atoms with Crippen LogP contribution in [-0.4, -0.2) is 34.5 Å². The number of nitrogens with one attached hydrogen (secondary N) is 2. The third kappa shape index (κ3) is 1.75. The van der Waals surface area contributed by atoms with E-state index < -0.39 is 17.6 Å². The maximum absolute atomic E-state index is 11.8. The fourth-order valence-electron chi connectivity index (χ4n) is 2.39. The second-order valence-electron chi connectivity index (χ2n) is 4.40. The summed E-state index contributed by atoms with van der Waals surface area (Å²) in [4.78, 5) is 34.0. The Morgan fingerprint density at radius 1 is 1.38 bits per heavy atom. The molecular weight excluding hydrogens is 212 g/mol. The zero-order valence-electron chi connectivity index (χ0n) is 8.78. The molecule has 1 heterocycles. The number of carboxylic acid groups (broad SMARTS) is 1. The topological polar surface area (TPSA) is 95.5 Å². The molecule has 16 heavy (non-hydrogen) atoms. The van der Waals surface area contributed by atoms with E-state index in [0.717, 1.165) is 12.8 Å². The molecule has 88 valence electrons. The van der Waals surface area contributed by atoms with Crippen LogP contribution in [0.4, 0.5) is 0 Å². The number of rotatable bonds is 2. The van der Waals surface area contributed by atoms with E-state index in [9.17, 15) is 14.4 Å². The van der Waals surface area contributed by atoms with Crippen molar-refractivity contribution < 1.29 is 19.5 Å². The Kier molecular flexibility index (Phi) is 2.57. The molecule has 1 atom stereocenters. The van der Waals surface area contributed by atoms with E-state index in [1.165, 1.54) is 0 Å². The number of carbonyl (C=O) groups excluding carboxylic acids is 2. The second-order valence-corrected chi connectivity index (χ2v) is 4.40. The molecule has 2 aliphatic rings. The summed E-state index contributed by atoms with van der Waals surface area (Å²) in [6, 6.07) is -0.934. The van der Waals surface area contributed by atoms with Crippen molar-refractivity contribution in [2.24, 2.45) is 0 Å². The summed E-state index contributed by atoms with van der Waals surface area (Å²) >= 11 is 0. The molecule has 1 aliphatic carbocycles. The lowest BCUT2D eigenvalue weighted by molar-refractivity contribution is -0.145. The first-order valence-electron chi connectivity index (χ1n) is 5.38. The zero-order valence-corrected chi connectivity index (χ0v) is 8.78. The number of aliphatic carboxylic acids is 1. The van der Waals surface area contributed by atoms with Gasteiger partial charge < -0.3 is 15.7 Å². The standard InChI is InChI=1S/C10H14N2O4/c13-7(14)5-6-8(15)12-10(9(16)11-6)3-1-2-4-10/h6H,1-5H2,(H,11,16)(H,12,15)(H,13,14)/t6-/m0/s1. The Labute approximate surface area is 92.4 Å². The molecule has 0 bridgehead atoms. The van der Waals surface area contributed by atoms with Gasteiger partial charge in [0, 0.05) is 0 Å². The van der Waals surface area contributed by atoms with Crippen LogP contribution in [0, 0.1) is 0 Å². The zero-order chi connectivity index (χ0) is 11.8. The van der Waals surface area contributed by atoms with Crippen LogP contribution >= 0.6 is 0 Å². The molecule has 2 fully saturated rings. The van der Waals surface area contributed by atoms with E-state index >= 15 is 0 Å². The van der Waals surface area contributed by atoms with Gasteiger partial charge in [0.1, 0.15) is 11.6 Å². The van der Waals surface area contributed by atoms with Crippen LogP contribution in [0.25, 0.3) is 0 Å². The van der Waals surface area contributed by atoms with Gasteiger partial charge in [-0.1, -0.05) is 12.8 Å². The predicted molar refractivity (Wildman–Crippen MR) is 53.5 cm³/mol. The Morgan fingerprint density at radius 2 is 2.00 bits per heavy atom. The third-order valence-corrected chi connectivity index (χ3v) is 3.25. The molecule has 0 radical (unpaired) electrons. The van der Waals surface area contributed by atoms with Gasteiger partial charge in [0.2, 0.25) is 11.8 Å². The minimum absolute atomic E-state index is 0.240. The monoisotopic (exact) mass is 226 g/mol. The van der Waals surface area contributed by atoms with Gasteiger partial charge in [0.25, 0.3) is 0 Å². The molecule has 0 aromatic carbocycles. The molecule has 1 spiro atoms. The van der Waals surface area contributed by atoms with Crippen LogP contribution in [0.2, 0.25) is 0 Å². The summed E-state index contributed by atoms with van der Waals surface area (Å²) in [6.45, 7) is 0. The van der Waals surface area contributed by atoms with Gasteiger partial charge >= 0.3 is 5.97 Å². The highest BCUT2D eigenvalue weighted by Crippen LogP contribution is 2.31. The average molecular weight is 226 g/mol. The van der Waals surface area contributed by atoms with E-state index in [1.807, 2.05) is 0 Å². The highest BCUT2D eigenvalue weighted by Gasteiger charge is 2.48. The maximum atomic E-state index is 11.8. The average Bonchev–Trinajstić information content (AvgIpc) is 2.63. The number of amides is 2. The highest BCUT2D eigenvalue weighted by atomic mass is 16.4. The van der Waals surface area contributed by atoms with E-state index in [2.05, 4.69) is 10.6 Å². The number of carboxylic acids is 1. The number of hydrogen-bond donors (Lipinski definition) is 3. The second kappa shape index (κ2) is 3.77. The molecule has 6 nitrogen and oxygen atoms in total. The van der Waals surface area contributed by atoms with Crippen molar-refractivity contribution >= 4 is 17.8 Å². The van der Waals surface area contributed by atoms with Crippen molar-refractivity contribution in [3.63, 3.8) is 0 Å². The quantitative estimate of drug-likeness (QED) is 0.585. The van der Waals surface area contributed by atoms with E-state index in [4.69, 9.17) is 5.11 Å². The van der Waals surface area contributed by atoms with Crippen LogP contribution in [-0.2, 0) is 14.4 Å². The molecule has 0 aromatic rings. The Morgan fingerprint density at radius 3 is 2.56 bits per heavy atom. The predicted octanol–water partition coefficient (Wildman–Crippen LogP) is -0.612. The fourth-order valence-corrected chi connectivity index (χ4v) is 2.39. The molecule has 0 unspecified atom stereocenters. The Balaban J connectivity index is 2.10. The summed E-state index contributed by atoms with van der Waals surface area (Å²) in [7, 11) is 0. The summed E-state index contributed by atoms with van der Waals surface area (Å²) < 4.78 is 0. The van der Waals surface area contributed by atoms with E-state index in [-0.39, 0.29) is 18.2 Å². The smallest absolute Gasteiger partial charge is 0.305 e. The van der Waals surface area contributed by atoms with Crippen molar-refractivity contribution in [3.05, 3.63) is 0 Å². The van der Waals surface area contributed by atoms with Gasteiger partial charge in [-0.15, -0.1) is 0 Å². The molecule has 1 saturated heterocycles. The van der Waals surface area contributed by atoms with Gasteiger partial charge in [-0.3, -0.25) is 14.4 Å². The van der Waals surface area contributed by atoms with Crippen molar-refractivity contribution in [3.8, 4) is 0 Å². The van der Waals surface area contributed by atoms with Crippen LogP contribution in [0.5, 0.6) is 0 Å². The highest BCUT2D eigenvalue weighted by molar-refractivity contribution is 6.01. The van der Waals surface area contributed by atoms with E-state index in [0.29, 0.717) is 12.8 Å². The van der Waals surface area contributed by atoms with Crippen LogP contribution in [0.1, 0.15) is 32.1 Å². The lowest BCUT2D eigenvalue weighted by Gasteiger charge is -2.36. The molecule has 2 rings (SSSR count). The lowest BCUT2D eigenvalue weighted by atomic mass is 9.92. The van der Waals surface area contributed by atoms with E-state index in [1.54, 1.807) is 0 Å². The van der Waals surface area contributed by atoms with Crippen molar-refractivity contribution in [2.45, 2.75) is 43.7 Å². The first kappa shape index (κ1) is 10.9. The van der Waals surface area contributed by atoms with Gasteiger partial charge in [-0.2, -0.15) is 0 Å². The van der Waals surface area contributed by atoms with Gasteiger partial charge in [-0.25, -0.2) is 0 Å². The number of carbonyl (C=O) groups is 3. The van der Waals surface area contributed by atoms with Crippen molar-refractivity contribution in [2.75, 3.05) is 0 Å². The van der Waals surface area contributed by atoms with Gasteiger partial charge in [0.05, 0.1) is 6.42 Å². The largest absolute Gasteiger partial charge is 0.481 e. The molecule has 0 aromatic heterocycles. The minimum Gasteiger partial charge on any atom is -0.481 e.